The number of unbranched alkanes of at least 4 members (excludes halogenated alkanes) is 20. The molecular formula is C36H69NO3. The van der Waals surface area contributed by atoms with Crippen molar-refractivity contribution in [3.63, 3.8) is 0 Å². The summed E-state index contributed by atoms with van der Waals surface area (Å²) in [4.78, 5) is 12.3. The normalized spacial score (nSPS) is 13.4. The van der Waals surface area contributed by atoms with Crippen LogP contribution in [0.4, 0.5) is 0 Å². The van der Waals surface area contributed by atoms with E-state index < -0.39 is 12.1 Å². The van der Waals surface area contributed by atoms with Crippen molar-refractivity contribution < 1.29 is 15.0 Å². The molecule has 40 heavy (non-hydrogen) atoms. The Balaban J connectivity index is 3.55. The summed E-state index contributed by atoms with van der Waals surface area (Å²) >= 11 is 0. The minimum Gasteiger partial charge on any atom is -0.394 e. The molecule has 0 aromatic carbocycles. The topological polar surface area (TPSA) is 69.6 Å². The van der Waals surface area contributed by atoms with E-state index in [0.717, 1.165) is 32.1 Å². The maximum Gasteiger partial charge on any atom is 0.220 e. The molecule has 0 saturated heterocycles. The predicted octanol–water partition coefficient (Wildman–Crippen LogP) is 10.1. The van der Waals surface area contributed by atoms with E-state index in [-0.39, 0.29) is 12.5 Å². The standard InChI is InChI=1S/C36H69NO3/c1-3-5-7-9-11-13-14-15-16-17-18-19-20-21-22-24-26-28-30-32-36(40)37-34(33-38)35(39)31-29-27-25-23-12-10-8-6-4-2/h11,13,15-16,34-35,38-39H,3-10,12,14,17-33H2,1-2H3,(H,37,40)/b13-11-,16-15-. The summed E-state index contributed by atoms with van der Waals surface area (Å²) in [6.07, 6.45) is 39.4. The van der Waals surface area contributed by atoms with Gasteiger partial charge in [0.2, 0.25) is 5.91 Å². The second-order valence-corrected chi connectivity index (χ2v) is 11.9. The minimum absolute atomic E-state index is 0.0396. The van der Waals surface area contributed by atoms with Gasteiger partial charge in [0.15, 0.2) is 0 Å². The molecule has 3 N–H and O–H groups in total. The zero-order valence-corrected chi connectivity index (χ0v) is 26.9. The quantitative estimate of drug-likeness (QED) is 0.0580. The molecule has 2 atom stereocenters. The van der Waals surface area contributed by atoms with E-state index in [1.165, 1.54) is 122 Å². The molecule has 0 aromatic heterocycles. The lowest BCUT2D eigenvalue weighted by Crippen LogP contribution is -2.45. The molecule has 0 aliphatic carbocycles. The summed E-state index contributed by atoms with van der Waals surface area (Å²) in [6.45, 7) is 4.30. The van der Waals surface area contributed by atoms with Crippen molar-refractivity contribution in [1.82, 2.24) is 5.32 Å². The van der Waals surface area contributed by atoms with Crippen molar-refractivity contribution in [3.8, 4) is 0 Å². The first-order valence-electron chi connectivity index (χ1n) is 17.5. The fraction of sp³-hybridized carbons (Fsp3) is 0.861. The van der Waals surface area contributed by atoms with Crippen LogP contribution in [0.25, 0.3) is 0 Å². The number of allylic oxidation sites excluding steroid dienone is 4. The van der Waals surface area contributed by atoms with Crippen molar-refractivity contribution in [2.75, 3.05) is 6.61 Å². The van der Waals surface area contributed by atoms with Crippen molar-refractivity contribution in [2.45, 2.75) is 193 Å². The average Bonchev–Trinajstić information content (AvgIpc) is 2.96. The summed E-state index contributed by atoms with van der Waals surface area (Å²) in [5.74, 6) is -0.0396. The number of carbonyl (C=O) groups excluding carboxylic acids is 1. The van der Waals surface area contributed by atoms with E-state index >= 15 is 0 Å². The van der Waals surface area contributed by atoms with Crippen molar-refractivity contribution in [3.05, 3.63) is 24.3 Å². The molecule has 0 heterocycles. The van der Waals surface area contributed by atoms with Crippen molar-refractivity contribution in [2.24, 2.45) is 0 Å². The smallest absolute Gasteiger partial charge is 0.220 e. The third-order valence-electron chi connectivity index (χ3n) is 7.97. The van der Waals surface area contributed by atoms with Gasteiger partial charge in [-0.2, -0.15) is 0 Å². The van der Waals surface area contributed by atoms with Gasteiger partial charge in [-0.15, -0.1) is 0 Å². The minimum atomic E-state index is -0.656. The molecule has 0 bridgehead atoms. The summed E-state index contributed by atoms with van der Waals surface area (Å²) in [7, 11) is 0. The molecule has 0 rings (SSSR count). The lowest BCUT2D eigenvalue weighted by Gasteiger charge is -2.22. The van der Waals surface area contributed by atoms with Crippen LogP contribution in [-0.2, 0) is 4.79 Å². The SMILES string of the molecule is CCCCC/C=C\C/C=C\CCCCCCCCCCCC(=O)NC(CO)C(O)CCCCCCCCCCC. The molecule has 0 saturated carbocycles. The highest BCUT2D eigenvalue weighted by Gasteiger charge is 2.19. The molecule has 0 radical (unpaired) electrons. The van der Waals surface area contributed by atoms with Gasteiger partial charge in [0.05, 0.1) is 18.8 Å². The van der Waals surface area contributed by atoms with Gasteiger partial charge in [0, 0.05) is 6.42 Å². The Labute approximate surface area is 249 Å². The molecule has 4 nitrogen and oxygen atoms in total. The first kappa shape index (κ1) is 38.9. The lowest BCUT2D eigenvalue weighted by atomic mass is 10.0. The van der Waals surface area contributed by atoms with Gasteiger partial charge in [-0.1, -0.05) is 154 Å². The van der Waals surface area contributed by atoms with Gasteiger partial charge in [0.1, 0.15) is 0 Å². The van der Waals surface area contributed by atoms with Gasteiger partial charge >= 0.3 is 0 Å². The van der Waals surface area contributed by atoms with E-state index in [1.54, 1.807) is 0 Å². The zero-order chi connectivity index (χ0) is 29.4. The van der Waals surface area contributed by atoms with E-state index in [2.05, 4.69) is 43.5 Å². The molecule has 2 unspecified atom stereocenters. The van der Waals surface area contributed by atoms with Crippen LogP contribution < -0.4 is 5.32 Å². The first-order valence-corrected chi connectivity index (χ1v) is 17.5. The Hall–Kier alpha value is -1.13. The van der Waals surface area contributed by atoms with Gasteiger partial charge in [-0.25, -0.2) is 0 Å². The average molecular weight is 564 g/mol. The molecule has 4 heteroatoms. The van der Waals surface area contributed by atoms with Crippen molar-refractivity contribution in [1.29, 1.82) is 0 Å². The number of nitrogens with one attached hydrogen (secondary N) is 1. The fourth-order valence-electron chi connectivity index (χ4n) is 5.21. The number of aliphatic hydroxyl groups is 2. The fourth-order valence-corrected chi connectivity index (χ4v) is 5.21. The number of carbonyl (C=O) groups is 1. The monoisotopic (exact) mass is 564 g/mol. The van der Waals surface area contributed by atoms with Crippen LogP contribution in [0.15, 0.2) is 24.3 Å². The second kappa shape index (κ2) is 32.4. The number of rotatable bonds is 31. The molecule has 0 aliphatic heterocycles. The largest absolute Gasteiger partial charge is 0.394 e. The van der Waals surface area contributed by atoms with Gasteiger partial charge < -0.3 is 15.5 Å². The van der Waals surface area contributed by atoms with Crippen LogP contribution in [0.3, 0.4) is 0 Å². The number of aliphatic hydroxyl groups excluding tert-OH is 2. The van der Waals surface area contributed by atoms with E-state index in [9.17, 15) is 15.0 Å². The van der Waals surface area contributed by atoms with Gasteiger partial charge in [0.25, 0.3) is 0 Å². The summed E-state index contributed by atoms with van der Waals surface area (Å²) in [5.41, 5.74) is 0. The van der Waals surface area contributed by atoms with Crippen molar-refractivity contribution >= 4 is 5.91 Å². The Morgan fingerprint density at radius 3 is 1.55 bits per heavy atom. The van der Waals surface area contributed by atoms with Crippen LogP contribution >= 0.6 is 0 Å². The predicted molar refractivity (Wildman–Crippen MR) is 175 cm³/mol. The molecular weight excluding hydrogens is 494 g/mol. The highest BCUT2D eigenvalue weighted by molar-refractivity contribution is 5.76. The summed E-state index contributed by atoms with van der Waals surface area (Å²) in [5, 5.41) is 22.9. The maximum atomic E-state index is 12.3. The van der Waals surface area contributed by atoms with Crippen LogP contribution in [0.2, 0.25) is 0 Å². The zero-order valence-electron chi connectivity index (χ0n) is 26.9. The second-order valence-electron chi connectivity index (χ2n) is 11.9. The van der Waals surface area contributed by atoms with Crippen LogP contribution in [-0.4, -0.2) is 34.9 Å². The van der Waals surface area contributed by atoms with Crippen LogP contribution in [0.5, 0.6) is 0 Å². The van der Waals surface area contributed by atoms with Gasteiger partial charge in [-0.3, -0.25) is 4.79 Å². The Bertz CT molecular complexity index is 574. The molecule has 236 valence electrons. The Kier molecular flexibility index (Phi) is 31.5. The summed E-state index contributed by atoms with van der Waals surface area (Å²) in [6, 6.07) is -0.533. The number of hydrogen-bond donors (Lipinski definition) is 3. The Morgan fingerprint density at radius 2 is 1.02 bits per heavy atom. The van der Waals surface area contributed by atoms with E-state index in [0.29, 0.717) is 12.8 Å². The summed E-state index contributed by atoms with van der Waals surface area (Å²) < 4.78 is 0. The molecule has 0 aliphatic rings. The third kappa shape index (κ3) is 28.4. The highest BCUT2D eigenvalue weighted by Crippen LogP contribution is 2.14. The highest BCUT2D eigenvalue weighted by atomic mass is 16.3. The van der Waals surface area contributed by atoms with E-state index in [1.807, 2.05) is 0 Å². The van der Waals surface area contributed by atoms with Crippen LogP contribution in [0.1, 0.15) is 181 Å². The number of hydrogen-bond acceptors (Lipinski definition) is 3. The lowest BCUT2D eigenvalue weighted by molar-refractivity contribution is -0.123. The molecule has 1 amide bonds. The van der Waals surface area contributed by atoms with E-state index in [4.69, 9.17) is 0 Å². The molecule has 0 spiro atoms. The molecule has 0 aromatic rings. The Morgan fingerprint density at radius 1 is 0.600 bits per heavy atom. The molecule has 0 fully saturated rings. The van der Waals surface area contributed by atoms with Crippen LogP contribution in [0, 0.1) is 0 Å². The number of amides is 1. The third-order valence-corrected chi connectivity index (χ3v) is 7.97. The maximum absolute atomic E-state index is 12.3. The first-order chi connectivity index (χ1) is 19.7. The van der Waals surface area contributed by atoms with Gasteiger partial charge in [-0.05, 0) is 44.9 Å².